The number of benzene rings is 2. The van der Waals surface area contributed by atoms with Crippen LogP contribution in [-0.4, -0.2) is 25.2 Å². The number of carbonyl (C=O) groups excluding carboxylic acids is 2. The number of carbonyl (C=O) groups is 2. The summed E-state index contributed by atoms with van der Waals surface area (Å²) >= 11 is 0. The van der Waals surface area contributed by atoms with Gasteiger partial charge in [-0.3, -0.25) is 0 Å². The maximum Gasteiger partial charge on any atom is 0.339 e. The molecule has 0 saturated carbocycles. The fourth-order valence-corrected chi connectivity index (χ4v) is 3.35. The predicted octanol–water partition coefficient (Wildman–Crippen LogP) is 6.52. The summed E-state index contributed by atoms with van der Waals surface area (Å²) in [6, 6.07) is 12.8. The van der Waals surface area contributed by atoms with Gasteiger partial charge in [0.05, 0.1) is 24.3 Å². The van der Waals surface area contributed by atoms with Gasteiger partial charge in [0.1, 0.15) is 5.82 Å². The molecule has 168 valence electrons. The standard InChI is InChI=1S/C26H33FO4/c1-2-3-4-5-6-7-8-13-19-30-25(28)22-15-10-11-16-23(22)26(29)31-20-18-21-14-9-12-17-24(21)27/h9-12,14-17H,2-8,13,18-20H2,1H3. The van der Waals surface area contributed by atoms with Crippen molar-refractivity contribution in [3.8, 4) is 0 Å². The van der Waals surface area contributed by atoms with Crippen LogP contribution in [0.3, 0.4) is 0 Å². The molecule has 2 aromatic rings. The minimum atomic E-state index is -0.615. The molecule has 2 aromatic carbocycles. The molecule has 0 amide bonds. The molecule has 0 aromatic heterocycles. The molecule has 0 radical (unpaired) electrons. The Bertz CT molecular complexity index is 819. The molecule has 0 fully saturated rings. The van der Waals surface area contributed by atoms with Gasteiger partial charge in [0.2, 0.25) is 0 Å². The zero-order chi connectivity index (χ0) is 22.3. The Morgan fingerprint density at radius 2 is 1.23 bits per heavy atom. The molecule has 0 N–H and O–H groups in total. The topological polar surface area (TPSA) is 52.6 Å². The molecular weight excluding hydrogens is 395 g/mol. The Morgan fingerprint density at radius 1 is 0.710 bits per heavy atom. The van der Waals surface area contributed by atoms with Crippen molar-refractivity contribution < 1.29 is 23.5 Å². The second kappa shape index (κ2) is 14.3. The van der Waals surface area contributed by atoms with Crippen LogP contribution < -0.4 is 0 Å². The molecule has 0 aliphatic carbocycles. The van der Waals surface area contributed by atoms with Crippen LogP contribution in [0.1, 0.15) is 84.6 Å². The lowest BCUT2D eigenvalue weighted by Gasteiger charge is -2.10. The lowest BCUT2D eigenvalue weighted by Crippen LogP contribution is -2.15. The van der Waals surface area contributed by atoms with Crippen LogP contribution in [0.4, 0.5) is 4.39 Å². The first-order valence-electron chi connectivity index (χ1n) is 11.3. The summed E-state index contributed by atoms with van der Waals surface area (Å²) in [4.78, 5) is 24.9. The van der Waals surface area contributed by atoms with Gasteiger partial charge in [0, 0.05) is 6.42 Å². The monoisotopic (exact) mass is 428 g/mol. The minimum absolute atomic E-state index is 0.0292. The third-order valence-electron chi connectivity index (χ3n) is 5.16. The summed E-state index contributed by atoms with van der Waals surface area (Å²) in [7, 11) is 0. The number of hydrogen-bond acceptors (Lipinski definition) is 4. The van der Waals surface area contributed by atoms with Gasteiger partial charge in [-0.05, 0) is 30.2 Å². The third kappa shape index (κ3) is 8.91. The van der Waals surface area contributed by atoms with Crippen molar-refractivity contribution in [3.63, 3.8) is 0 Å². The maximum absolute atomic E-state index is 13.7. The van der Waals surface area contributed by atoms with Crippen LogP contribution in [-0.2, 0) is 15.9 Å². The number of rotatable bonds is 14. The van der Waals surface area contributed by atoms with Gasteiger partial charge >= 0.3 is 11.9 Å². The van der Waals surface area contributed by atoms with Crippen molar-refractivity contribution in [1.82, 2.24) is 0 Å². The Labute approximate surface area is 184 Å². The molecule has 31 heavy (non-hydrogen) atoms. The first-order chi connectivity index (χ1) is 15.1. The van der Waals surface area contributed by atoms with E-state index < -0.39 is 11.9 Å². The molecule has 0 aliphatic heterocycles. The Morgan fingerprint density at radius 3 is 1.84 bits per heavy atom. The van der Waals surface area contributed by atoms with Gasteiger partial charge in [-0.2, -0.15) is 0 Å². The van der Waals surface area contributed by atoms with Gasteiger partial charge in [0.25, 0.3) is 0 Å². The smallest absolute Gasteiger partial charge is 0.339 e. The summed E-state index contributed by atoms with van der Waals surface area (Å²) in [5.41, 5.74) is 0.836. The zero-order valence-corrected chi connectivity index (χ0v) is 18.4. The summed E-state index contributed by atoms with van der Waals surface area (Å²) < 4.78 is 24.3. The summed E-state index contributed by atoms with van der Waals surface area (Å²) in [6.07, 6.45) is 9.57. The van der Waals surface area contributed by atoms with Crippen molar-refractivity contribution in [2.75, 3.05) is 13.2 Å². The van der Waals surface area contributed by atoms with Crippen LogP contribution in [0.5, 0.6) is 0 Å². The number of esters is 2. The lowest BCUT2D eigenvalue weighted by molar-refractivity contribution is 0.0455. The second-order valence-corrected chi connectivity index (χ2v) is 7.63. The highest BCUT2D eigenvalue weighted by atomic mass is 19.1. The van der Waals surface area contributed by atoms with Crippen molar-refractivity contribution in [3.05, 3.63) is 71.0 Å². The number of ether oxygens (including phenoxy) is 2. The normalized spacial score (nSPS) is 10.6. The van der Waals surface area contributed by atoms with E-state index >= 15 is 0 Å². The molecule has 5 heteroatoms. The van der Waals surface area contributed by atoms with Gasteiger partial charge in [-0.15, -0.1) is 0 Å². The highest BCUT2D eigenvalue weighted by Gasteiger charge is 2.19. The summed E-state index contributed by atoms with van der Waals surface area (Å²) in [5, 5.41) is 0. The fourth-order valence-electron chi connectivity index (χ4n) is 3.35. The summed E-state index contributed by atoms with van der Waals surface area (Å²) in [5.74, 6) is -1.47. The van der Waals surface area contributed by atoms with Crippen LogP contribution in [0.2, 0.25) is 0 Å². The van der Waals surface area contributed by atoms with E-state index in [4.69, 9.17) is 9.47 Å². The lowest BCUT2D eigenvalue weighted by atomic mass is 10.1. The van der Waals surface area contributed by atoms with Gasteiger partial charge in [-0.1, -0.05) is 82.2 Å². The Kier molecular flexibility index (Phi) is 11.4. The van der Waals surface area contributed by atoms with E-state index in [1.54, 1.807) is 42.5 Å². The SMILES string of the molecule is CCCCCCCCCCOC(=O)c1ccccc1C(=O)OCCc1ccccc1F. The fraction of sp³-hybridized carbons (Fsp3) is 0.462. The molecule has 0 heterocycles. The van der Waals surface area contributed by atoms with E-state index in [0.717, 1.165) is 19.3 Å². The molecule has 0 bridgehead atoms. The molecule has 4 nitrogen and oxygen atoms in total. The number of hydrogen-bond donors (Lipinski definition) is 0. The van der Waals surface area contributed by atoms with E-state index in [9.17, 15) is 14.0 Å². The van der Waals surface area contributed by atoms with Crippen molar-refractivity contribution in [1.29, 1.82) is 0 Å². The summed E-state index contributed by atoms with van der Waals surface area (Å²) in [6.45, 7) is 2.57. The van der Waals surface area contributed by atoms with E-state index in [1.807, 2.05) is 0 Å². The first-order valence-corrected chi connectivity index (χ1v) is 11.3. The van der Waals surface area contributed by atoms with Crippen LogP contribution in [0, 0.1) is 5.82 Å². The quantitative estimate of drug-likeness (QED) is 0.254. The molecule has 2 rings (SSSR count). The van der Waals surface area contributed by atoms with E-state index in [2.05, 4.69) is 6.92 Å². The van der Waals surface area contributed by atoms with E-state index in [0.29, 0.717) is 12.2 Å². The van der Waals surface area contributed by atoms with Crippen molar-refractivity contribution >= 4 is 11.9 Å². The molecule has 0 spiro atoms. The molecule has 0 aliphatic rings. The van der Waals surface area contributed by atoms with Gasteiger partial charge in [0.15, 0.2) is 0 Å². The first kappa shape index (κ1) is 24.6. The van der Waals surface area contributed by atoms with Crippen molar-refractivity contribution in [2.45, 2.75) is 64.7 Å². The average Bonchev–Trinajstić information content (AvgIpc) is 2.79. The Balaban J connectivity index is 1.75. The van der Waals surface area contributed by atoms with Gasteiger partial charge in [-0.25, -0.2) is 14.0 Å². The average molecular weight is 429 g/mol. The second-order valence-electron chi connectivity index (χ2n) is 7.63. The third-order valence-corrected chi connectivity index (χ3v) is 5.16. The van der Waals surface area contributed by atoms with Crippen LogP contribution >= 0.6 is 0 Å². The predicted molar refractivity (Wildman–Crippen MR) is 120 cm³/mol. The number of halogens is 1. The molecule has 0 saturated heterocycles. The zero-order valence-electron chi connectivity index (χ0n) is 18.4. The van der Waals surface area contributed by atoms with Crippen LogP contribution in [0.15, 0.2) is 48.5 Å². The minimum Gasteiger partial charge on any atom is -0.462 e. The van der Waals surface area contributed by atoms with Gasteiger partial charge < -0.3 is 9.47 Å². The van der Waals surface area contributed by atoms with E-state index in [-0.39, 0.29) is 30.0 Å². The Hall–Kier alpha value is -2.69. The van der Waals surface area contributed by atoms with Crippen LogP contribution in [0.25, 0.3) is 0 Å². The number of unbranched alkanes of at least 4 members (excludes halogenated alkanes) is 7. The maximum atomic E-state index is 13.7. The van der Waals surface area contributed by atoms with E-state index in [1.165, 1.54) is 38.2 Å². The highest BCUT2D eigenvalue weighted by molar-refractivity contribution is 6.03. The highest BCUT2D eigenvalue weighted by Crippen LogP contribution is 2.14. The molecule has 0 atom stereocenters. The molecule has 0 unspecified atom stereocenters. The van der Waals surface area contributed by atoms with Crippen molar-refractivity contribution in [2.24, 2.45) is 0 Å². The largest absolute Gasteiger partial charge is 0.462 e. The molecular formula is C26H33FO4.